The van der Waals surface area contributed by atoms with Crippen molar-refractivity contribution in [3.05, 3.63) is 0 Å². The minimum Gasteiger partial charge on any atom is -0.373 e. The summed E-state index contributed by atoms with van der Waals surface area (Å²) in [7, 11) is 3.56. The zero-order valence-corrected chi connectivity index (χ0v) is 6.05. The van der Waals surface area contributed by atoms with Crippen LogP contribution in [-0.2, 0) is 9.63 Å². The second-order valence-corrected chi connectivity index (χ2v) is 1.85. The first kappa shape index (κ1) is 8.79. The van der Waals surface area contributed by atoms with Gasteiger partial charge in [0.15, 0.2) is 0 Å². The summed E-state index contributed by atoms with van der Waals surface area (Å²) < 4.78 is 0. The molecule has 10 heavy (non-hydrogen) atoms. The van der Waals surface area contributed by atoms with Crippen LogP contribution in [0.4, 0.5) is 0 Å². The van der Waals surface area contributed by atoms with E-state index in [1.54, 1.807) is 19.0 Å². The number of rotatable bonds is 1. The second-order valence-electron chi connectivity index (χ2n) is 1.85. The van der Waals surface area contributed by atoms with Gasteiger partial charge in [-0.3, -0.25) is 0 Å². The van der Waals surface area contributed by atoms with Crippen LogP contribution in [0.25, 0.3) is 0 Å². The molecule has 0 rings (SSSR count). The van der Waals surface area contributed by atoms with Crippen LogP contribution in [0.15, 0.2) is 0 Å². The maximum absolute atomic E-state index is 10.3. The molecule has 0 atom stereocenters. The minimum atomic E-state index is -0.519. The molecule has 0 spiro atoms. The van der Waals surface area contributed by atoms with E-state index < -0.39 is 5.97 Å². The molecule has 0 fully saturated rings. The van der Waals surface area contributed by atoms with E-state index in [-0.39, 0.29) is 6.42 Å². The first-order valence-electron chi connectivity index (χ1n) is 2.72. The van der Waals surface area contributed by atoms with Crippen molar-refractivity contribution < 1.29 is 9.63 Å². The molecule has 0 saturated heterocycles. The molecule has 0 bridgehead atoms. The van der Waals surface area contributed by atoms with Crippen LogP contribution < -0.4 is 5.90 Å². The SMILES string of the molecule is CN(C)C#CCC(=O)ON. The molecular formula is C6H10N2O2. The Kier molecular flexibility index (Phi) is 4.09. The van der Waals surface area contributed by atoms with Crippen molar-refractivity contribution in [2.45, 2.75) is 6.42 Å². The van der Waals surface area contributed by atoms with Gasteiger partial charge >= 0.3 is 5.97 Å². The summed E-state index contributed by atoms with van der Waals surface area (Å²) >= 11 is 0. The third kappa shape index (κ3) is 4.94. The number of nitrogens with two attached hydrogens (primary N) is 1. The Bertz CT molecular complexity index is 166. The molecule has 4 nitrogen and oxygen atoms in total. The van der Waals surface area contributed by atoms with Gasteiger partial charge in [-0.15, -0.1) is 0 Å². The molecule has 56 valence electrons. The molecule has 0 aromatic heterocycles. The van der Waals surface area contributed by atoms with Gasteiger partial charge in [0.1, 0.15) is 6.42 Å². The fourth-order valence-electron chi connectivity index (χ4n) is 0.311. The predicted molar refractivity (Wildman–Crippen MR) is 36.4 cm³/mol. The molecule has 0 amide bonds. The molecule has 0 radical (unpaired) electrons. The van der Waals surface area contributed by atoms with E-state index in [4.69, 9.17) is 0 Å². The average molecular weight is 142 g/mol. The van der Waals surface area contributed by atoms with Gasteiger partial charge in [-0.05, 0) is 0 Å². The smallest absolute Gasteiger partial charge is 0.336 e. The summed E-state index contributed by atoms with van der Waals surface area (Å²) in [5, 5.41) is 0. The van der Waals surface area contributed by atoms with Gasteiger partial charge in [0.05, 0.1) is 0 Å². The predicted octanol–water partition coefficient (Wildman–Crippen LogP) is -0.684. The lowest BCUT2D eigenvalue weighted by Gasteiger charge is -1.96. The minimum absolute atomic E-state index is 0.0364. The second kappa shape index (κ2) is 4.65. The summed E-state index contributed by atoms with van der Waals surface area (Å²) in [4.78, 5) is 15.8. The number of nitrogens with zero attached hydrogens (tertiary/aromatic N) is 1. The lowest BCUT2D eigenvalue weighted by Crippen LogP contribution is -2.09. The molecule has 0 aliphatic heterocycles. The normalized spacial score (nSPS) is 7.50. The highest BCUT2D eigenvalue weighted by Crippen LogP contribution is 1.78. The third-order valence-corrected chi connectivity index (χ3v) is 0.667. The number of carbonyl (C=O) groups excluding carboxylic acids is 1. The average Bonchev–Trinajstić information content (AvgIpc) is 1.87. The van der Waals surface area contributed by atoms with E-state index in [2.05, 4.69) is 22.7 Å². The molecule has 0 aromatic carbocycles. The van der Waals surface area contributed by atoms with Crippen molar-refractivity contribution in [2.24, 2.45) is 5.90 Å². The van der Waals surface area contributed by atoms with Gasteiger partial charge in [-0.2, -0.15) is 5.90 Å². The van der Waals surface area contributed by atoms with Gasteiger partial charge in [-0.25, -0.2) is 4.79 Å². The highest BCUT2D eigenvalue weighted by Gasteiger charge is 1.93. The Labute approximate surface area is 59.9 Å². The molecular weight excluding hydrogens is 132 g/mol. The Morgan fingerprint density at radius 2 is 2.30 bits per heavy atom. The third-order valence-electron chi connectivity index (χ3n) is 0.667. The summed E-state index contributed by atoms with van der Waals surface area (Å²) in [6.07, 6.45) is 0.0364. The molecule has 4 heteroatoms. The fraction of sp³-hybridized carbons (Fsp3) is 0.500. The molecule has 2 N–H and O–H groups in total. The van der Waals surface area contributed by atoms with Gasteiger partial charge < -0.3 is 9.74 Å². The van der Waals surface area contributed by atoms with Gasteiger partial charge in [0.25, 0.3) is 0 Å². The Morgan fingerprint density at radius 1 is 1.70 bits per heavy atom. The van der Waals surface area contributed by atoms with E-state index in [0.717, 1.165) is 0 Å². The molecule has 0 aliphatic rings. The lowest BCUT2D eigenvalue weighted by atomic mass is 10.4. The lowest BCUT2D eigenvalue weighted by molar-refractivity contribution is -0.142. The van der Waals surface area contributed by atoms with Crippen molar-refractivity contribution in [1.82, 2.24) is 4.90 Å². The van der Waals surface area contributed by atoms with Gasteiger partial charge in [0.2, 0.25) is 0 Å². The topological polar surface area (TPSA) is 55.6 Å². The number of hydrogen-bond acceptors (Lipinski definition) is 4. The van der Waals surface area contributed by atoms with Crippen LogP contribution in [0.1, 0.15) is 6.42 Å². The Balaban J connectivity index is 3.55. The first-order valence-corrected chi connectivity index (χ1v) is 2.72. The van der Waals surface area contributed by atoms with E-state index in [1.807, 2.05) is 0 Å². The largest absolute Gasteiger partial charge is 0.373 e. The summed E-state index contributed by atoms with van der Waals surface area (Å²) in [6, 6.07) is 2.64. The van der Waals surface area contributed by atoms with E-state index in [9.17, 15) is 4.79 Å². The van der Waals surface area contributed by atoms with Gasteiger partial charge in [0, 0.05) is 20.1 Å². The van der Waals surface area contributed by atoms with Crippen LogP contribution in [-0.4, -0.2) is 25.0 Å². The van der Waals surface area contributed by atoms with E-state index >= 15 is 0 Å². The van der Waals surface area contributed by atoms with Crippen LogP contribution in [0, 0.1) is 12.0 Å². The highest BCUT2D eigenvalue weighted by molar-refractivity contribution is 5.71. The molecule has 0 saturated carbocycles. The van der Waals surface area contributed by atoms with Crippen LogP contribution in [0.5, 0.6) is 0 Å². The maximum Gasteiger partial charge on any atom is 0.336 e. The quantitative estimate of drug-likeness (QED) is 0.299. The first-order chi connectivity index (χ1) is 4.66. The zero-order valence-electron chi connectivity index (χ0n) is 6.05. The molecule has 0 aromatic rings. The monoisotopic (exact) mass is 142 g/mol. The van der Waals surface area contributed by atoms with E-state index in [1.165, 1.54) is 0 Å². The maximum atomic E-state index is 10.3. The van der Waals surface area contributed by atoms with E-state index in [0.29, 0.717) is 0 Å². The van der Waals surface area contributed by atoms with Crippen LogP contribution >= 0.6 is 0 Å². The number of carbonyl (C=O) groups is 1. The van der Waals surface area contributed by atoms with Crippen molar-refractivity contribution >= 4 is 5.97 Å². The highest BCUT2D eigenvalue weighted by atomic mass is 16.7. The molecule has 0 heterocycles. The summed E-state index contributed by atoms with van der Waals surface area (Å²) in [5.41, 5.74) is 0. The fourth-order valence-corrected chi connectivity index (χ4v) is 0.311. The Morgan fingerprint density at radius 3 is 2.70 bits per heavy atom. The van der Waals surface area contributed by atoms with Crippen molar-refractivity contribution in [2.75, 3.05) is 14.1 Å². The molecule has 0 unspecified atom stereocenters. The van der Waals surface area contributed by atoms with Crippen LogP contribution in [0.2, 0.25) is 0 Å². The standard InChI is InChI=1S/C6H10N2O2/c1-8(2)5-3-4-6(9)10-7/h4,7H2,1-2H3. The summed E-state index contributed by atoms with van der Waals surface area (Å²) in [5.74, 6) is 6.60. The van der Waals surface area contributed by atoms with Crippen molar-refractivity contribution in [3.63, 3.8) is 0 Å². The van der Waals surface area contributed by atoms with Crippen molar-refractivity contribution in [1.29, 1.82) is 0 Å². The van der Waals surface area contributed by atoms with Crippen molar-refractivity contribution in [3.8, 4) is 12.0 Å². The summed E-state index contributed by atoms with van der Waals surface area (Å²) in [6.45, 7) is 0. The molecule has 0 aliphatic carbocycles. The Hall–Kier alpha value is -1.21. The van der Waals surface area contributed by atoms with Gasteiger partial charge in [-0.1, -0.05) is 5.92 Å². The van der Waals surface area contributed by atoms with Crippen LogP contribution in [0.3, 0.4) is 0 Å². The zero-order chi connectivity index (χ0) is 7.98. The number of hydrogen-bond donors (Lipinski definition) is 1.